The van der Waals surface area contributed by atoms with Gasteiger partial charge in [0.05, 0.1) is 24.2 Å². The van der Waals surface area contributed by atoms with Gasteiger partial charge in [-0.15, -0.1) is 0 Å². The van der Waals surface area contributed by atoms with E-state index >= 15 is 0 Å². The predicted octanol–water partition coefficient (Wildman–Crippen LogP) is 3.88. The van der Waals surface area contributed by atoms with Gasteiger partial charge in [-0.25, -0.2) is 0 Å². The number of ether oxygens (including phenoxy) is 1. The Kier molecular flexibility index (Phi) is 4.21. The van der Waals surface area contributed by atoms with Crippen LogP contribution in [0.3, 0.4) is 0 Å². The second kappa shape index (κ2) is 6.67. The average molecular weight is 347 g/mol. The van der Waals surface area contributed by atoms with Crippen LogP contribution in [0.2, 0.25) is 0 Å². The summed E-state index contributed by atoms with van der Waals surface area (Å²) in [6.07, 6.45) is 3.21. The van der Waals surface area contributed by atoms with Crippen LogP contribution in [0.25, 0.3) is 10.9 Å². The van der Waals surface area contributed by atoms with Crippen LogP contribution in [-0.2, 0) is 16.1 Å². The maximum atomic E-state index is 12.6. The van der Waals surface area contributed by atoms with Gasteiger partial charge < -0.3 is 10.1 Å². The smallest absolute Gasteiger partial charge is 0.236 e. The minimum Gasteiger partial charge on any atom is -0.497 e. The van der Waals surface area contributed by atoms with Crippen molar-refractivity contribution in [1.82, 2.24) is 9.78 Å². The zero-order chi connectivity index (χ0) is 18.1. The Morgan fingerprint density at radius 1 is 1.19 bits per heavy atom. The number of amides is 1. The highest BCUT2D eigenvalue weighted by Crippen LogP contribution is 2.25. The minimum atomic E-state index is -0.295. The van der Waals surface area contributed by atoms with E-state index in [2.05, 4.69) is 41.6 Å². The number of hydrogen-bond donors (Lipinski definition) is 1. The van der Waals surface area contributed by atoms with Crippen molar-refractivity contribution in [3.8, 4) is 0 Å². The van der Waals surface area contributed by atoms with Gasteiger partial charge in [-0.2, -0.15) is 5.10 Å². The monoisotopic (exact) mass is 347 g/mol. The molecule has 1 amide bonds. The Labute approximate surface area is 152 Å². The number of hydrogen-bond acceptors (Lipinski definition) is 3. The van der Waals surface area contributed by atoms with Crippen LogP contribution in [0.5, 0.6) is 0 Å². The second-order valence-electron chi connectivity index (χ2n) is 6.69. The molecule has 132 valence electrons. The molecule has 3 aromatic rings. The molecule has 26 heavy (non-hydrogen) atoms. The van der Waals surface area contributed by atoms with Gasteiger partial charge >= 0.3 is 0 Å². The number of carbonyl (C=O) groups is 1. The highest BCUT2D eigenvalue weighted by Gasteiger charge is 2.28. The molecule has 2 aromatic carbocycles. The molecular formula is C21H21N3O2. The first kappa shape index (κ1) is 16.4. The molecule has 0 saturated heterocycles. The summed E-state index contributed by atoms with van der Waals surface area (Å²) < 4.78 is 7.27. The molecule has 0 saturated carbocycles. The number of para-hydroxylation sites is 1. The lowest BCUT2D eigenvalue weighted by molar-refractivity contribution is -0.120. The van der Waals surface area contributed by atoms with Gasteiger partial charge in [0.1, 0.15) is 6.10 Å². The summed E-state index contributed by atoms with van der Waals surface area (Å²) in [5.41, 5.74) is 3.39. The van der Waals surface area contributed by atoms with Crippen LogP contribution in [0.15, 0.2) is 60.9 Å². The molecule has 0 radical (unpaired) electrons. The molecule has 1 aliphatic heterocycles. The van der Waals surface area contributed by atoms with Gasteiger partial charge in [0.15, 0.2) is 5.82 Å². The Morgan fingerprint density at radius 3 is 2.69 bits per heavy atom. The maximum absolute atomic E-state index is 12.6. The molecule has 0 spiro atoms. The van der Waals surface area contributed by atoms with E-state index in [1.165, 1.54) is 11.1 Å². The number of nitrogens with zero attached hydrogens (tertiary/aromatic N) is 2. The number of aryl methyl sites for hydroxylation is 1. The van der Waals surface area contributed by atoms with E-state index < -0.39 is 0 Å². The van der Waals surface area contributed by atoms with Gasteiger partial charge in [0.25, 0.3) is 0 Å². The third-order valence-corrected chi connectivity index (χ3v) is 4.74. The fourth-order valence-electron chi connectivity index (χ4n) is 3.20. The van der Waals surface area contributed by atoms with Gasteiger partial charge in [-0.05, 0) is 37.6 Å². The molecule has 5 heteroatoms. The third kappa shape index (κ3) is 3.08. The lowest BCUT2D eigenvalue weighted by Crippen LogP contribution is -2.28. The molecule has 0 fully saturated rings. The molecule has 0 bridgehead atoms. The van der Waals surface area contributed by atoms with E-state index in [9.17, 15) is 4.79 Å². The Bertz CT molecular complexity index is 973. The fourth-order valence-corrected chi connectivity index (χ4v) is 3.20. The number of nitrogens with one attached hydrogen (secondary N) is 1. The molecule has 1 aromatic heterocycles. The van der Waals surface area contributed by atoms with Crippen molar-refractivity contribution < 1.29 is 9.53 Å². The molecule has 1 N–H and O–H groups in total. The van der Waals surface area contributed by atoms with Crippen molar-refractivity contribution in [2.24, 2.45) is 5.92 Å². The predicted molar refractivity (Wildman–Crippen MR) is 102 cm³/mol. The summed E-state index contributed by atoms with van der Waals surface area (Å²) >= 11 is 0. The molecule has 1 aliphatic rings. The van der Waals surface area contributed by atoms with Crippen molar-refractivity contribution in [3.05, 3.63) is 72.0 Å². The minimum absolute atomic E-state index is 0.100. The summed E-state index contributed by atoms with van der Waals surface area (Å²) in [6.45, 7) is 4.61. The summed E-state index contributed by atoms with van der Waals surface area (Å²) in [6, 6.07) is 16.3. The first-order valence-electron chi connectivity index (χ1n) is 8.76. The van der Waals surface area contributed by atoms with Crippen LogP contribution in [0.1, 0.15) is 18.1 Å². The Balaban J connectivity index is 1.64. The zero-order valence-electron chi connectivity index (χ0n) is 14.8. The van der Waals surface area contributed by atoms with Gasteiger partial charge in [-0.1, -0.05) is 42.0 Å². The number of fused-ring (bicyclic) bond motifs is 1. The van der Waals surface area contributed by atoms with Crippen LogP contribution in [-0.4, -0.2) is 21.8 Å². The number of benzene rings is 2. The first-order chi connectivity index (χ1) is 12.6. The maximum Gasteiger partial charge on any atom is 0.236 e. The number of rotatable bonds is 4. The summed E-state index contributed by atoms with van der Waals surface area (Å²) in [4.78, 5) is 12.6. The van der Waals surface area contributed by atoms with Crippen molar-refractivity contribution >= 4 is 22.6 Å². The van der Waals surface area contributed by atoms with Crippen LogP contribution < -0.4 is 5.32 Å². The molecule has 2 heterocycles. The first-order valence-corrected chi connectivity index (χ1v) is 8.76. The van der Waals surface area contributed by atoms with Gasteiger partial charge in [-0.3, -0.25) is 9.48 Å². The molecule has 4 rings (SSSR count). The Hall–Kier alpha value is -3.08. The lowest BCUT2D eigenvalue weighted by atomic mass is 10.0. The van der Waals surface area contributed by atoms with E-state index in [1.807, 2.05) is 35.9 Å². The zero-order valence-corrected chi connectivity index (χ0v) is 14.8. The van der Waals surface area contributed by atoms with E-state index in [0.29, 0.717) is 12.4 Å². The largest absolute Gasteiger partial charge is 0.497 e. The topological polar surface area (TPSA) is 56.2 Å². The molecule has 2 atom stereocenters. The van der Waals surface area contributed by atoms with Crippen LogP contribution in [0.4, 0.5) is 5.82 Å². The van der Waals surface area contributed by atoms with E-state index in [4.69, 9.17) is 4.74 Å². The third-order valence-electron chi connectivity index (χ3n) is 4.74. The van der Waals surface area contributed by atoms with Crippen molar-refractivity contribution in [2.45, 2.75) is 26.5 Å². The number of anilines is 1. The molecule has 5 nitrogen and oxygen atoms in total. The van der Waals surface area contributed by atoms with Gasteiger partial charge in [0, 0.05) is 5.39 Å². The van der Waals surface area contributed by atoms with Crippen molar-refractivity contribution in [1.29, 1.82) is 0 Å². The van der Waals surface area contributed by atoms with E-state index in [-0.39, 0.29) is 17.9 Å². The quantitative estimate of drug-likeness (QED) is 0.779. The van der Waals surface area contributed by atoms with Gasteiger partial charge in [0.2, 0.25) is 5.91 Å². The normalized spacial score (nSPS) is 18.8. The highest BCUT2D eigenvalue weighted by atomic mass is 16.5. The molecule has 2 unspecified atom stereocenters. The van der Waals surface area contributed by atoms with Crippen LogP contribution >= 0.6 is 0 Å². The van der Waals surface area contributed by atoms with Crippen molar-refractivity contribution in [2.75, 3.05) is 5.32 Å². The number of aromatic nitrogens is 2. The highest BCUT2D eigenvalue weighted by molar-refractivity contribution is 6.01. The summed E-state index contributed by atoms with van der Waals surface area (Å²) in [5.74, 6) is 0.193. The van der Waals surface area contributed by atoms with E-state index in [0.717, 1.165) is 10.9 Å². The molecule has 0 aliphatic carbocycles. The average Bonchev–Trinajstić information content (AvgIpc) is 3.22. The Morgan fingerprint density at radius 2 is 1.96 bits per heavy atom. The summed E-state index contributed by atoms with van der Waals surface area (Å²) in [7, 11) is 0. The van der Waals surface area contributed by atoms with Crippen molar-refractivity contribution in [3.63, 3.8) is 0 Å². The second-order valence-corrected chi connectivity index (χ2v) is 6.69. The lowest BCUT2D eigenvalue weighted by Gasteiger charge is -2.13. The SMILES string of the molecule is Cc1ccc(Cn2nc(NC(=O)C3C=COC3C)c3ccccc32)cc1. The van der Waals surface area contributed by atoms with Crippen LogP contribution in [0, 0.1) is 12.8 Å². The van der Waals surface area contributed by atoms with E-state index in [1.54, 1.807) is 12.3 Å². The molecular weight excluding hydrogens is 326 g/mol. The standard InChI is InChI=1S/C21H21N3O2/c1-14-7-9-16(10-8-14)13-24-19-6-4-3-5-18(19)20(23-24)22-21(25)17-11-12-26-15(17)2/h3-12,15,17H,13H2,1-2H3,(H,22,23,25). The summed E-state index contributed by atoms with van der Waals surface area (Å²) in [5, 5.41) is 8.57. The fraction of sp³-hybridized carbons (Fsp3) is 0.238. The number of carbonyl (C=O) groups excluding carboxylic acids is 1.